The summed E-state index contributed by atoms with van der Waals surface area (Å²) in [6.45, 7) is 0.816. The van der Waals surface area contributed by atoms with Gasteiger partial charge < -0.3 is 15.4 Å². The molecule has 0 atom stereocenters. The number of hydrogen-bond acceptors (Lipinski definition) is 4. The van der Waals surface area contributed by atoms with Gasteiger partial charge in [-0.2, -0.15) is 0 Å². The van der Waals surface area contributed by atoms with Crippen molar-refractivity contribution in [2.24, 2.45) is 0 Å². The smallest absolute Gasteiger partial charge is 0.229 e. The fraction of sp³-hybridized carbons (Fsp3) is 0.278. The number of amides is 2. The largest absolute Gasteiger partial charge is 0.496 e. The van der Waals surface area contributed by atoms with E-state index >= 15 is 0 Å². The first-order valence-corrected chi connectivity index (χ1v) is 7.73. The molecule has 0 saturated carbocycles. The zero-order valence-corrected chi connectivity index (χ0v) is 13.6. The summed E-state index contributed by atoms with van der Waals surface area (Å²) in [5.41, 5.74) is 1.91. The molecule has 6 nitrogen and oxygen atoms in total. The number of methoxy groups -OCH3 is 1. The van der Waals surface area contributed by atoms with Crippen LogP contribution in [-0.2, 0) is 22.6 Å². The molecule has 1 heterocycles. The lowest BCUT2D eigenvalue weighted by Gasteiger charge is -2.09. The monoisotopic (exact) mass is 327 g/mol. The lowest BCUT2D eigenvalue weighted by atomic mass is 10.1. The van der Waals surface area contributed by atoms with Gasteiger partial charge in [-0.3, -0.25) is 14.6 Å². The highest BCUT2D eigenvalue weighted by Gasteiger charge is 2.09. The Morgan fingerprint density at radius 3 is 2.62 bits per heavy atom. The van der Waals surface area contributed by atoms with Crippen LogP contribution in [0.25, 0.3) is 0 Å². The van der Waals surface area contributed by atoms with E-state index in [-0.39, 0.29) is 18.2 Å². The third-order valence-corrected chi connectivity index (χ3v) is 3.44. The van der Waals surface area contributed by atoms with Crippen LogP contribution in [0.15, 0.2) is 48.8 Å². The van der Waals surface area contributed by atoms with Crippen molar-refractivity contribution < 1.29 is 14.3 Å². The number of carbonyl (C=O) groups excluding carboxylic acids is 2. The number of aromatic nitrogens is 1. The van der Waals surface area contributed by atoms with Gasteiger partial charge in [-0.15, -0.1) is 0 Å². The number of ether oxygens (including phenoxy) is 1. The molecule has 126 valence electrons. The number of pyridine rings is 1. The fourth-order valence-electron chi connectivity index (χ4n) is 2.22. The Morgan fingerprint density at radius 1 is 1.08 bits per heavy atom. The van der Waals surface area contributed by atoms with Gasteiger partial charge in [0.1, 0.15) is 12.2 Å². The molecule has 6 heteroatoms. The minimum Gasteiger partial charge on any atom is -0.496 e. The summed E-state index contributed by atoms with van der Waals surface area (Å²) in [5, 5.41) is 5.44. The van der Waals surface area contributed by atoms with Crippen molar-refractivity contribution >= 4 is 11.8 Å². The van der Waals surface area contributed by atoms with Gasteiger partial charge in [0.15, 0.2) is 0 Å². The van der Waals surface area contributed by atoms with Crippen molar-refractivity contribution in [3.8, 4) is 5.75 Å². The van der Waals surface area contributed by atoms with Crippen LogP contribution in [0.4, 0.5) is 0 Å². The zero-order chi connectivity index (χ0) is 17.2. The molecule has 1 aromatic carbocycles. The van der Waals surface area contributed by atoms with Crippen LogP contribution in [0.3, 0.4) is 0 Å². The number of para-hydroxylation sites is 1. The molecule has 0 aliphatic heterocycles. The Morgan fingerprint density at radius 2 is 1.88 bits per heavy atom. The summed E-state index contributed by atoms with van der Waals surface area (Å²) in [6, 6.07) is 11.3. The third kappa shape index (κ3) is 5.72. The minimum absolute atomic E-state index is 0.188. The van der Waals surface area contributed by atoms with Crippen molar-refractivity contribution in [3.05, 3.63) is 59.9 Å². The van der Waals surface area contributed by atoms with Gasteiger partial charge in [-0.05, 0) is 29.7 Å². The molecule has 1 aromatic heterocycles. The average Bonchev–Trinajstić information content (AvgIpc) is 2.61. The van der Waals surface area contributed by atoms with E-state index < -0.39 is 0 Å². The second kappa shape index (κ2) is 9.29. The van der Waals surface area contributed by atoms with E-state index in [4.69, 9.17) is 4.74 Å². The molecule has 2 amide bonds. The molecular weight excluding hydrogens is 306 g/mol. The molecule has 0 spiro atoms. The van der Waals surface area contributed by atoms with Crippen molar-refractivity contribution in [1.82, 2.24) is 15.6 Å². The van der Waals surface area contributed by atoms with Gasteiger partial charge >= 0.3 is 0 Å². The predicted octanol–water partition coefficient (Wildman–Crippen LogP) is 1.46. The van der Waals surface area contributed by atoms with E-state index in [0.717, 1.165) is 16.9 Å². The maximum atomic E-state index is 11.8. The van der Waals surface area contributed by atoms with E-state index in [1.807, 2.05) is 30.3 Å². The van der Waals surface area contributed by atoms with Crippen molar-refractivity contribution in [2.45, 2.75) is 19.4 Å². The van der Waals surface area contributed by atoms with Crippen molar-refractivity contribution in [3.63, 3.8) is 0 Å². The van der Waals surface area contributed by atoms with Crippen LogP contribution in [-0.4, -0.2) is 30.5 Å². The van der Waals surface area contributed by atoms with Gasteiger partial charge in [0.05, 0.1) is 7.11 Å². The number of benzene rings is 1. The van der Waals surface area contributed by atoms with Crippen LogP contribution in [0, 0.1) is 0 Å². The molecule has 2 rings (SSSR count). The second-order valence-electron chi connectivity index (χ2n) is 5.23. The summed E-state index contributed by atoms with van der Waals surface area (Å²) >= 11 is 0. The average molecular weight is 327 g/mol. The van der Waals surface area contributed by atoms with Crippen LogP contribution in [0.2, 0.25) is 0 Å². The highest BCUT2D eigenvalue weighted by molar-refractivity contribution is 5.96. The third-order valence-electron chi connectivity index (χ3n) is 3.44. The van der Waals surface area contributed by atoms with Crippen LogP contribution in [0.5, 0.6) is 5.75 Å². The quantitative estimate of drug-likeness (QED) is 0.719. The second-order valence-corrected chi connectivity index (χ2v) is 5.23. The summed E-state index contributed by atoms with van der Waals surface area (Å²) in [7, 11) is 1.62. The molecule has 0 radical (unpaired) electrons. The van der Waals surface area contributed by atoms with Gasteiger partial charge in [-0.25, -0.2) is 0 Å². The minimum atomic E-state index is -0.311. The molecule has 0 unspecified atom stereocenters. The van der Waals surface area contributed by atoms with Crippen LogP contribution >= 0.6 is 0 Å². The molecular formula is C18H21N3O3. The molecule has 0 bridgehead atoms. The van der Waals surface area contributed by atoms with E-state index in [0.29, 0.717) is 19.5 Å². The van der Waals surface area contributed by atoms with Crippen molar-refractivity contribution in [2.75, 3.05) is 13.7 Å². The van der Waals surface area contributed by atoms with Gasteiger partial charge in [0.2, 0.25) is 11.8 Å². The van der Waals surface area contributed by atoms with E-state index in [1.54, 1.807) is 25.6 Å². The fourth-order valence-corrected chi connectivity index (χ4v) is 2.22. The lowest BCUT2D eigenvalue weighted by molar-refractivity contribution is -0.129. The number of hydrogen-bond donors (Lipinski definition) is 2. The van der Waals surface area contributed by atoms with Crippen LogP contribution in [0.1, 0.15) is 17.5 Å². The molecule has 2 N–H and O–H groups in total. The Hall–Kier alpha value is -2.89. The number of rotatable bonds is 8. The van der Waals surface area contributed by atoms with E-state index in [9.17, 15) is 9.59 Å². The highest BCUT2D eigenvalue weighted by Crippen LogP contribution is 2.17. The maximum absolute atomic E-state index is 11.8. The lowest BCUT2D eigenvalue weighted by Crippen LogP contribution is -2.32. The highest BCUT2D eigenvalue weighted by atomic mass is 16.5. The Balaban J connectivity index is 1.68. The predicted molar refractivity (Wildman–Crippen MR) is 90.4 cm³/mol. The maximum Gasteiger partial charge on any atom is 0.229 e. The Labute approximate surface area is 141 Å². The number of carbonyl (C=O) groups is 2. The molecule has 2 aromatic rings. The van der Waals surface area contributed by atoms with Crippen molar-refractivity contribution in [1.29, 1.82) is 0 Å². The van der Waals surface area contributed by atoms with E-state index in [2.05, 4.69) is 15.6 Å². The summed E-state index contributed by atoms with van der Waals surface area (Å²) in [6.07, 6.45) is 3.80. The molecule has 0 saturated heterocycles. The first-order valence-electron chi connectivity index (χ1n) is 7.73. The summed E-state index contributed by atoms with van der Waals surface area (Å²) < 4.78 is 5.26. The van der Waals surface area contributed by atoms with Gasteiger partial charge in [-0.1, -0.05) is 24.3 Å². The molecule has 0 aliphatic carbocycles. The number of nitrogens with zero attached hydrogens (tertiary/aromatic N) is 1. The standard InChI is InChI=1S/C18H21N3O3/c1-24-16-7-3-2-6-15(16)8-10-20-17(22)11-18(23)21-13-14-5-4-9-19-12-14/h2-7,9,12H,8,10-11,13H2,1H3,(H,20,22)(H,21,23). The van der Waals surface area contributed by atoms with E-state index in [1.165, 1.54) is 0 Å². The van der Waals surface area contributed by atoms with Gasteiger partial charge in [0.25, 0.3) is 0 Å². The molecule has 0 aliphatic rings. The summed E-state index contributed by atoms with van der Waals surface area (Å²) in [4.78, 5) is 27.5. The number of nitrogens with one attached hydrogen (secondary N) is 2. The molecule has 24 heavy (non-hydrogen) atoms. The Bertz CT molecular complexity index is 674. The SMILES string of the molecule is COc1ccccc1CCNC(=O)CC(=O)NCc1cccnc1. The molecule has 0 fully saturated rings. The zero-order valence-electron chi connectivity index (χ0n) is 13.6. The van der Waals surface area contributed by atoms with Gasteiger partial charge in [0, 0.05) is 25.5 Å². The Kier molecular flexibility index (Phi) is 6.76. The summed E-state index contributed by atoms with van der Waals surface area (Å²) in [5.74, 6) is 0.184. The van der Waals surface area contributed by atoms with Crippen LogP contribution < -0.4 is 15.4 Å². The normalized spacial score (nSPS) is 10.0. The first-order chi connectivity index (χ1) is 11.7. The first kappa shape index (κ1) is 17.5. The topological polar surface area (TPSA) is 80.3 Å².